The van der Waals surface area contributed by atoms with Crippen LogP contribution in [0.3, 0.4) is 0 Å². The number of likely N-dealkylation sites (tertiary alicyclic amines) is 1. The van der Waals surface area contributed by atoms with Crippen LogP contribution in [0.2, 0.25) is 0 Å². The van der Waals surface area contributed by atoms with Gasteiger partial charge in [-0.05, 0) is 37.6 Å². The number of piperidine rings is 1. The van der Waals surface area contributed by atoms with Gasteiger partial charge in [-0.2, -0.15) is 0 Å². The molecule has 1 aliphatic rings. The fourth-order valence-electron chi connectivity index (χ4n) is 3.01. The molecule has 2 N–H and O–H groups in total. The third-order valence-electron chi connectivity index (χ3n) is 3.83. The van der Waals surface area contributed by atoms with E-state index >= 15 is 0 Å². The molecular weight excluding hydrogens is 224 g/mol. The first-order chi connectivity index (χ1) is 8.56. The zero-order valence-electron chi connectivity index (χ0n) is 12.7. The van der Waals surface area contributed by atoms with Crippen molar-refractivity contribution >= 4 is 0 Å². The number of hydrogen-bond acceptors (Lipinski definition) is 3. The average Bonchev–Trinajstić information content (AvgIpc) is 2.34. The summed E-state index contributed by atoms with van der Waals surface area (Å²) in [5.41, 5.74) is 0. The Morgan fingerprint density at radius 2 is 2.00 bits per heavy atom. The Kier molecular flexibility index (Phi) is 7.20. The fraction of sp³-hybridized carbons (Fsp3) is 1.00. The standard InChI is InChI=1S/C15H32N2O/c1-5-7-16-14-8-13(15(18)6-2)10-17(11-14)9-12(3)4/h12-16,18H,5-11H2,1-4H3. The van der Waals surface area contributed by atoms with Crippen molar-refractivity contribution in [3.63, 3.8) is 0 Å². The monoisotopic (exact) mass is 256 g/mol. The Labute approximate surface area is 113 Å². The fourth-order valence-corrected chi connectivity index (χ4v) is 3.01. The maximum absolute atomic E-state index is 10.1. The van der Waals surface area contributed by atoms with Gasteiger partial charge in [0.05, 0.1) is 6.10 Å². The van der Waals surface area contributed by atoms with Crippen LogP contribution in [0.5, 0.6) is 0 Å². The number of aliphatic hydroxyl groups excluding tert-OH is 1. The van der Waals surface area contributed by atoms with Gasteiger partial charge in [0.1, 0.15) is 0 Å². The number of rotatable bonds is 7. The molecule has 1 rings (SSSR count). The molecule has 0 radical (unpaired) electrons. The van der Waals surface area contributed by atoms with E-state index in [1.165, 1.54) is 6.42 Å². The molecule has 0 aromatic heterocycles. The predicted octanol–water partition coefficient (Wildman–Crippen LogP) is 2.10. The van der Waals surface area contributed by atoms with Gasteiger partial charge in [0, 0.05) is 25.7 Å². The minimum absolute atomic E-state index is 0.133. The Morgan fingerprint density at radius 1 is 1.28 bits per heavy atom. The van der Waals surface area contributed by atoms with Crippen LogP contribution in [-0.2, 0) is 0 Å². The maximum atomic E-state index is 10.1. The Hall–Kier alpha value is -0.120. The molecule has 0 spiro atoms. The van der Waals surface area contributed by atoms with Gasteiger partial charge in [-0.3, -0.25) is 0 Å². The summed E-state index contributed by atoms with van der Waals surface area (Å²) in [6.45, 7) is 13.3. The molecule has 3 atom stereocenters. The topological polar surface area (TPSA) is 35.5 Å². The van der Waals surface area contributed by atoms with Crippen molar-refractivity contribution in [2.45, 2.75) is 59.1 Å². The molecule has 0 aromatic carbocycles. The van der Waals surface area contributed by atoms with E-state index in [9.17, 15) is 5.11 Å². The molecule has 3 heteroatoms. The van der Waals surface area contributed by atoms with Crippen molar-refractivity contribution < 1.29 is 5.11 Å². The van der Waals surface area contributed by atoms with Crippen LogP contribution in [0.15, 0.2) is 0 Å². The Balaban J connectivity index is 2.54. The lowest BCUT2D eigenvalue weighted by Crippen LogP contribution is -2.52. The van der Waals surface area contributed by atoms with Crippen molar-refractivity contribution in [2.24, 2.45) is 11.8 Å². The Morgan fingerprint density at radius 3 is 2.56 bits per heavy atom. The largest absolute Gasteiger partial charge is 0.393 e. The lowest BCUT2D eigenvalue weighted by atomic mass is 9.88. The van der Waals surface area contributed by atoms with E-state index < -0.39 is 0 Å². The highest BCUT2D eigenvalue weighted by atomic mass is 16.3. The summed E-state index contributed by atoms with van der Waals surface area (Å²) in [4.78, 5) is 2.53. The molecule has 3 nitrogen and oxygen atoms in total. The van der Waals surface area contributed by atoms with Gasteiger partial charge in [0.25, 0.3) is 0 Å². The lowest BCUT2D eigenvalue weighted by molar-refractivity contribution is 0.0318. The molecule has 18 heavy (non-hydrogen) atoms. The third kappa shape index (κ3) is 5.25. The van der Waals surface area contributed by atoms with Crippen molar-refractivity contribution in [1.82, 2.24) is 10.2 Å². The van der Waals surface area contributed by atoms with Crippen LogP contribution in [-0.4, -0.2) is 48.3 Å². The van der Waals surface area contributed by atoms with Crippen LogP contribution in [0.25, 0.3) is 0 Å². The summed E-state index contributed by atoms with van der Waals surface area (Å²) >= 11 is 0. The van der Waals surface area contributed by atoms with Crippen LogP contribution in [0, 0.1) is 11.8 Å². The maximum Gasteiger partial charge on any atom is 0.0578 e. The van der Waals surface area contributed by atoms with E-state index in [1.807, 2.05) is 0 Å². The molecule has 0 aliphatic carbocycles. The second kappa shape index (κ2) is 8.13. The first-order valence-electron chi connectivity index (χ1n) is 7.70. The van der Waals surface area contributed by atoms with Gasteiger partial charge >= 0.3 is 0 Å². The van der Waals surface area contributed by atoms with Crippen molar-refractivity contribution in [1.29, 1.82) is 0 Å². The van der Waals surface area contributed by atoms with Crippen molar-refractivity contribution in [3.05, 3.63) is 0 Å². The van der Waals surface area contributed by atoms with E-state index in [-0.39, 0.29) is 6.10 Å². The smallest absolute Gasteiger partial charge is 0.0578 e. The van der Waals surface area contributed by atoms with E-state index in [2.05, 4.69) is 37.9 Å². The van der Waals surface area contributed by atoms with Crippen molar-refractivity contribution in [2.75, 3.05) is 26.2 Å². The second-order valence-corrected chi connectivity index (χ2v) is 6.23. The van der Waals surface area contributed by atoms with Gasteiger partial charge in [-0.15, -0.1) is 0 Å². The SMILES string of the molecule is CCCNC1CC(C(O)CC)CN(CC(C)C)C1. The highest BCUT2D eigenvalue weighted by molar-refractivity contribution is 4.86. The summed E-state index contributed by atoms with van der Waals surface area (Å²) in [5.74, 6) is 1.14. The third-order valence-corrected chi connectivity index (χ3v) is 3.83. The van der Waals surface area contributed by atoms with Gasteiger partial charge in [-0.25, -0.2) is 0 Å². The first kappa shape index (κ1) is 15.9. The number of hydrogen-bond donors (Lipinski definition) is 2. The molecule has 0 bridgehead atoms. The zero-order valence-corrected chi connectivity index (χ0v) is 12.7. The number of aliphatic hydroxyl groups is 1. The van der Waals surface area contributed by atoms with Gasteiger partial charge in [0.2, 0.25) is 0 Å². The number of nitrogens with zero attached hydrogens (tertiary/aromatic N) is 1. The van der Waals surface area contributed by atoms with Crippen LogP contribution >= 0.6 is 0 Å². The summed E-state index contributed by atoms with van der Waals surface area (Å²) in [5, 5.41) is 13.8. The van der Waals surface area contributed by atoms with E-state index in [1.54, 1.807) is 0 Å². The second-order valence-electron chi connectivity index (χ2n) is 6.23. The van der Waals surface area contributed by atoms with Crippen molar-refractivity contribution in [3.8, 4) is 0 Å². The van der Waals surface area contributed by atoms with E-state index in [4.69, 9.17) is 0 Å². The van der Waals surface area contributed by atoms with E-state index in [0.29, 0.717) is 17.9 Å². The van der Waals surface area contributed by atoms with Gasteiger partial charge in [0.15, 0.2) is 0 Å². The zero-order chi connectivity index (χ0) is 13.5. The predicted molar refractivity (Wildman–Crippen MR) is 77.8 cm³/mol. The quantitative estimate of drug-likeness (QED) is 0.732. The molecule has 1 saturated heterocycles. The minimum Gasteiger partial charge on any atom is -0.393 e. The summed E-state index contributed by atoms with van der Waals surface area (Å²) in [6.07, 6.45) is 3.05. The highest BCUT2D eigenvalue weighted by Crippen LogP contribution is 2.22. The molecule has 3 unspecified atom stereocenters. The lowest BCUT2D eigenvalue weighted by Gasteiger charge is -2.40. The molecule has 1 heterocycles. The van der Waals surface area contributed by atoms with Crippen LogP contribution in [0.4, 0.5) is 0 Å². The molecule has 1 fully saturated rings. The molecule has 0 saturated carbocycles. The molecule has 1 aliphatic heterocycles. The molecule has 0 amide bonds. The first-order valence-corrected chi connectivity index (χ1v) is 7.70. The molecule has 108 valence electrons. The highest BCUT2D eigenvalue weighted by Gasteiger charge is 2.30. The normalized spacial score (nSPS) is 27.7. The summed E-state index contributed by atoms with van der Waals surface area (Å²) in [6, 6.07) is 0.559. The van der Waals surface area contributed by atoms with Crippen LogP contribution < -0.4 is 5.32 Å². The van der Waals surface area contributed by atoms with Gasteiger partial charge in [-0.1, -0.05) is 27.7 Å². The van der Waals surface area contributed by atoms with Gasteiger partial charge < -0.3 is 15.3 Å². The average molecular weight is 256 g/mol. The molecular formula is C15H32N2O. The van der Waals surface area contributed by atoms with Crippen LogP contribution in [0.1, 0.15) is 47.0 Å². The Bertz CT molecular complexity index is 221. The minimum atomic E-state index is -0.133. The number of nitrogens with one attached hydrogen (secondary N) is 1. The molecule has 0 aromatic rings. The summed E-state index contributed by atoms with van der Waals surface area (Å²) in [7, 11) is 0. The summed E-state index contributed by atoms with van der Waals surface area (Å²) < 4.78 is 0. The van der Waals surface area contributed by atoms with E-state index in [0.717, 1.165) is 39.0 Å².